The van der Waals surface area contributed by atoms with Crippen LogP contribution in [0, 0.1) is 0 Å². The maximum atomic E-state index is 8.75. The number of oxime groups is 1. The van der Waals surface area contributed by atoms with Gasteiger partial charge in [0.1, 0.15) is 0 Å². The van der Waals surface area contributed by atoms with Gasteiger partial charge < -0.3 is 15.8 Å². The summed E-state index contributed by atoms with van der Waals surface area (Å²) in [6.07, 6.45) is 3.65. The first-order valence-corrected chi connectivity index (χ1v) is 7.84. The minimum Gasteiger partial charge on any atom is -0.409 e. The number of hydrogen-bond acceptors (Lipinski definition) is 3. The first kappa shape index (κ1) is 16.8. The normalized spacial score (nSPS) is 11.9. The van der Waals surface area contributed by atoms with Crippen LogP contribution in [-0.2, 0) is 0 Å². The van der Waals surface area contributed by atoms with Gasteiger partial charge in [0.15, 0.2) is 5.84 Å². The molecule has 0 bridgehead atoms. The van der Waals surface area contributed by atoms with Gasteiger partial charge in [0, 0.05) is 28.3 Å². The Labute approximate surface area is 129 Å². The molecule has 0 radical (unpaired) electrons. The Morgan fingerprint density at radius 3 is 2.60 bits per heavy atom. The molecular formula is C15H24BrN3O. The monoisotopic (exact) mass is 341 g/mol. The number of unbranched alkanes of at least 4 members (excludes halogenated alkanes) is 2. The first-order chi connectivity index (χ1) is 9.51. The Balaban J connectivity index is 2.95. The molecule has 5 heteroatoms. The van der Waals surface area contributed by atoms with Crippen LogP contribution in [0.15, 0.2) is 27.8 Å². The second kappa shape index (κ2) is 8.15. The van der Waals surface area contributed by atoms with Crippen molar-refractivity contribution in [1.82, 2.24) is 0 Å². The van der Waals surface area contributed by atoms with Crippen LogP contribution in [0.4, 0.5) is 5.69 Å². The average Bonchev–Trinajstić information content (AvgIpc) is 2.42. The molecule has 4 nitrogen and oxygen atoms in total. The lowest BCUT2D eigenvalue weighted by atomic mass is 10.1. The highest BCUT2D eigenvalue weighted by molar-refractivity contribution is 9.10. The molecule has 0 aromatic heterocycles. The predicted octanol–water partition coefficient (Wildman–Crippen LogP) is 3.95. The van der Waals surface area contributed by atoms with Gasteiger partial charge in [0.25, 0.3) is 0 Å². The molecule has 0 spiro atoms. The molecule has 3 N–H and O–H groups in total. The van der Waals surface area contributed by atoms with Gasteiger partial charge in [-0.05, 0) is 54.4 Å². The number of anilines is 1. The van der Waals surface area contributed by atoms with Crippen molar-refractivity contribution < 1.29 is 5.21 Å². The van der Waals surface area contributed by atoms with Crippen molar-refractivity contribution in [1.29, 1.82) is 0 Å². The van der Waals surface area contributed by atoms with E-state index < -0.39 is 0 Å². The molecule has 0 saturated carbocycles. The minimum atomic E-state index is 0.116. The summed E-state index contributed by atoms with van der Waals surface area (Å²) in [6.45, 7) is 7.64. The van der Waals surface area contributed by atoms with E-state index in [4.69, 9.17) is 10.9 Å². The number of halogens is 1. The van der Waals surface area contributed by atoms with E-state index in [9.17, 15) is 0 Å². The summed E-state index contributed by atoms with van der Waals surface area (Å²) in [5, 5.41) is 11.8. The fourth-order valence-corrected chi connectivity index (χ4v) is 2.73. The summed E-state index contributed by atoms with van der Waals surface area (Å²) >= 11 is 3.49. The highest BCUT2D eigenvalue weighted by Gasteiger charge is 2.13. The second-order valence-electron chi connectivity index (χ2n) is 5.14. The van der Waals surface area contributed by atoms with E-state index in [2.05, 4.69) is 46.8 Å². The van der Waals surface area contributed by atoms with Gasteiger partial charge in [-0.1, -0.05) is 24.9 Å². The van der Waals surface area contributed by atoms with Gasteiger partial charge in [0.2, 0.25) is 0 Å². The molecule has 0 fully saturated rings. The van der Waals surface area contributed by atoms with Crippen LogP contribution in [0.3, 0.4) is 0 Å². The highest BCUT2D eigenvalue weighted by atomic mass is 79.9. The van der Waals surface area contributed by atoms with Crippen LogP contribution >= 0.6 is 15.9 Å². The molecule has 1 aromatic rings. The second-order valence-corrected chi connectivity index (χ2v) is 6.00. The summed E-state index contributed by atoms with van der Waals surface area (Å²) in [4.78, 5) is 2.37. The van der Waals surface area contributed by atoms with Crippen molar-refractivity contribution in [3.63, 3.8) is 0 Å². The fourth-order valence-electron chi connectivity index (χ4n) is 2.16. The van der Waals surface area contributed by atoms with Gasteiger partial charge in [-0.2, -0.15) is 0 Å². The van der Waals surface area contributed by atoms with Crippen LogP contribution in [0.25, 0.3) is 0 Å². The van der Waals surface area contributed by atoms with Gasteiger partial charge in [-0.3, -0.25) is 0 Å². The largest absolute Gasteiger partial charge is 0.409 e. The van der Waals surface area contributed by atoms with Gasteiger partial charge in [0.05, 0.1) is 0 Å². The van der Waals surface area contributed by atoms with Gasteiger partial charge >= 0.3 is 0 Å². The fraction of sp³-hybridized carbons (Fsp3) is 0.533. The zero-order valence-electron chi connectivity index (χ0n) is 12.4. The number of amidine groups is 1. The van der Waals surface area contributed by atoms with E-state index in [1.165, 1.54) is 19.3 Å². The number of nitrogens with zero attached hydrogens (tertiary/aromatic N) is 2. The maximum Gasteiger partial charge on any atom is 0.171 e. The molecule has 0 unspecified atom stereocenters. The number of benzene rings is 1. The molecule has 0 saturated heterocycles. The Bertz CT molecular complexity index is 460. The van der Waals surface area contributed by atoms with Crippen molar-refractivity contribution in [2.24, 2.45) is 10.9 Å². The third kappa shape index (κ3) is 4.40. The third-order valence-corrected chi connectivity index (χ3v) is 3.95. The quantitative estimate of drug-likeness (QED) is 0.259. The van der Waals surface area contributed by atoms with Crippen LogP contribution in [0.1, 0.15) is 45.6 Å². The summed E-state index contributed by atoms with van der Waals surface area (Å²) in [5.41, 5.74) is 7.49. The summed E-state index contributed by atoms with van der Waals surface area (Å²) < 4.78 is 0.839. The summed E-state index contributed by atoms with van der Waals surface area (Å²) in [5.74, 6) is 0.116. The van der Waals surface area contributed by atoms with Gasteiger partial charge in [-0.15, -0.1) is 0 Å². The Kier molecular flexibility index (Phi) is 6.85. The molecule has 112 valence electrons. The average molecular weight is 342 g/mol. The molecule has 0 aliphatic carbocycles. The Morgan fingerprint density at radius 2 is 2.10 bits per heavy atom. The maximum absolute atomic E-state index is 8.75. The molecule has 0 aliphatic heterocycles. The molecule has 1 rings (SSSR count). The molecule has 1 aromatic carbocycles. The molecule has 0 heterocycles. The zero-order chi connectivity index (χ0) is 15.1. The van der Waals surface area contributed by atoms with Crippen molar-refractivity contribution in [2.75, 3.05) is 11.4 Å². The first-order valence-electron chi connectivity index (χ1n) is 7.05. The van der Waals surface area contributed by atoms with E-state index in [-0.39, 0.29) is 5.84 Å². The molecule has 0 amide bonds. The van der Waals surface area contributed by atoms with E-state index in [0.29, 0.717) is 11.6 Å². The van der Waals surface area contributed by atoms with Crippen LogP contribution in [0.2, 0.25) is 0 Å². The molecule has 0 aliphatic rings. The lowest BCUT2D eigenvalue weighted by molar-refractivity contribution is 0.318. The Morgan fingerprint density at radius 1 is 1.40 bits per heavy atom. The van der Waals surface area contributed by atoms with Gasteiger partial charge in [-0.25, -0.2) is 0 Å². The Hall–Kier alpha value is -1.23. The molecule has 20 heavy (non-hydrogen) atoms. The van der Waals surface area contributed by atoms with Crippen LogP contribution in [0.5, 0.6) is 0 Å². The van der Waals surface area contributed by atoms with Crippen molar-refractivity contribution >= 4 is 27.5 Å². The lowest BCUT2D eigenvalue weighted by Gasteiger charge is -2.29. The van der Waals surface area contributed by atoms with Crippen LogP contribution in [-0.4, -0.2) is 23.6 Å². The van der Waals surface area contributed by atoms with E-state index in [1.54, 1.807) is 0 Å². The van der Waals surface area contributed by atoms with E-state index >= 15 is 0 Å². The topological polar surface area (TPSA) is 61.8 Å². The number of nitrogens with two attached hydrogens (primary N) is 1. The standard InChI is InChI=1S/C15H24BrN3O/c1-4-5-6-9-19(11(2)3)12-7-8-13(14(16)10-12)15(17)18-20/h7-8,10-11,20H,4-6,9H2,1-3H3,(H2,17,18). The molecular weight excluding hydrogens is 318 g/mol. The smallest absolute Gasteiger partial charge is 0.171 e. The summed E-state index contributed by atoms with van der Waals surface area (Å²) in [7, 11) is 0. The third-order valence-electron chi connectivity index (χ3n) is 3.29. The number of hydrogen-bond donors (Lipinski definition) is 2. The van der Waals surface area contributed by atoms with E-state index in [1.807, 2.05) is 18.2 Å². The minimum absolute atomic E-state index is 0.116. The lowest BCUT2D eigenvalue weighted by Crippen LogP contribution is -2.31. The SMILES string of the molecule is CCCCCN(c1ccc(/C(N)=N/O)c(Br)c1)C(C)C. The molecule has 0 atom stereocenters. The van der Waals surface area contributed by atoms with Crippen LogP contribution < -0.4 is 10.6 Å². The predicted molar refractivity (Wildman–Crippen MR) is 88.7 cm³/mol. The number of rotatable bonds is 7. The summed E-state index contributed by atoms with van der Waals surface area (Å²) in [6, 6.07) is 6.36. The van der Waals surface area contributed by atoms with Crippen molar-refractivity contribution in [3.05, 3.63) is 28.2 Å². The highest BCUT2D eigenvalue weighted by Crippen LogP contribution is 2.26. The van der Waals surface area contributed by atoms with Crippen molar-refractivity contribution in [3.8, 4) is 0 Å². The van der Waals surface area contributed by atoms with E-state index in [0.717, 1.165) is 16.7 Å². The zero-order valence-corrected chi connectivity index (χ0v) is 14.0. The van der Waals surface area contributed by atoms with Crippen molar-refractivity contribution in [2.45, 2.75) is 46.1 Å².